The number of rotatable bonds is 28. The number of aliphatic imine (C=N–C) groups is 2. The zero-order valence-electron chi connectivity index (χ0n) is 44.1. The number of likely N-dealkylation sites (tertiary alicyclic amines) is 2. The van der Waals surface area contributed by atoms with Crippen molar-refractivity contribution >= 4 is 65.1 Å². The highest BCUT2D eigenvalue weighted by molar-refractivity contribution is 5.98. The Kier molecular flexibility index (Phi) is 24.0. The minimum atomic E-state index is -1.66. The molecule has 26 nitrogen and oxygen atoms in total. The van der Waals surface area contributed by atoms with E-state index in [-0.39, 0.29) is 44.3 Å². The summed E-state index contributed by atoms with van der Waals surface area (Å²) in [5.41, 5.74) is 33.6. The van der Waals surface area contributed by atoms with Crippen molar-refractivity contribution in [3.8, 4) is 0 Å². The molecule has 9 amide bonds. The molecule has 26 heteroatoms. The maximum Gasteiger partial charge on any atom is 0.246 e. The molecule has 0 bridgehead atoms. The first-order chi connectivity index (χ1) is 36.5. The molecule has 0 aromatic heterocycles. The largest absolute Gasteiger partial charge is 0.394 e. The molecule has 0 aliphatic carbocycles. The first-order valence-corrected chi connectivity index (χ1v) is 25.7. The summed E-state index contributed by atoms with van der Waals surface area (Å²) in [7, 11) is 0. The molecule has 2 aromatic carbocycles. The second-order valence-corrected chi connectivity index (χ2v) is 20.2. The van der Waals surface area contributed by atoms with Gasteiger partial charge < -0.3 is 81.2 Å². The predicted molar refractivity (Wildman–Crippen MR) is 286 cm³/mol. The Morgan fingerprint density at radius 3 is 1.64 bits per heavy atom. The van der Waals surface area contributed by atoms with E-state index in [2.05, 4.69) is 41.9 Å². The molecule has 4 rings (SSSR count). The molecule has 0 spiro atoms. The number of nitrogens with two attached hydrogens (primary N) is 6. The van der Waals surface area contributed by atoms with Gasteiger partial charge in [0.15, 0.2) is 11.9 Å². The van der Waals surface area contributed by atoms with Gasteiger partial charge in [0.2, 0.25) is 53.2 Å². The molecule has 1 unspecified atom stereocenters. The van der Waals surface area contributed by atoms with E-state index in [0.717, 1.165) is 0 Å². The van der Waals surface area contributed by atoms with Crippen LogP contribution in [0.3, 0.4) is 0 Å². The minimum absolute atomic E-state index is 0.0741. The lowest BCUT2D eigenvalue weighted by Gasteiger charge is -2.33. The van der Waals surface area contributed by atoms with Gasteiger partial charge in [0, 0.05) is 39.0 Å². The Balaban J connectivity index is 1.44. The second-order valence-electron chi connectivity index (χ2n) is 20.2. The van der Waals surface area contributed by atoms with Crippen molar-refractivity contribution in [1.82, 2.24) is 41.7 Å². The Morgan fingerprint density at radius 2 is 1.10 bits per heavy atom. The number of benzene rings is 2. The lowest BCUT2D eigenvalue weighted by atomic mass is 9.85. The fraction of sp³-hybridized carbons (Fsp3) is 0.549. The smallest absolute Gasteiger partial charge is 0.246 e. The summed E-state index contributed by atoms with van der Waals surface area (Å²) in [6.07, 6.45) is 2.70. The van der Waals surface area contributed by atoms with E-state index in [4.69, 9.17) is 34.4 Å². The van der Waals surface area contributed by atoms with E-state index < -0.39 is 120 Å². The van der Waals surface area contributed by atoms with Gasteiger partial charge in [0.05, 0.1) is 19.2 Å². The summed E-state index contributed by atoms with van der Waals surface area (Å²) in [6.45, 7) is 4.52. The van der Waals surface area contributed by atoms with Crippen LogP contribution in [0, 0.1) is 5.41 Å². The van der Waals surface area contributed by atoms with Crippen molar-refractivity contribution in [2.24, 2.45) is 49.8 Å². The molecule has 2 aliphatic heterocycles. The molecule has 2 saturated heterocycles. The molecule has 2 fully saturated rings. The molecule has 8 atom stereocenters. The fourth-order valence-corrected chi connectivity index (χ4v) is 8.99. The molecular weight excluding hydrogens is 997 g/mol. The van der Waals surface area contributed by atoms with Crippen LogP contribution in [0.15, 0.2) is 70.6 Å². The van der Waals surface area contributed by atoms with Crippen molar-refractivity contribution in [1.29, 1.82) is 0 Å². The number of nitrogens with one attached hydrogen (secondary N) is 6. The number of nitrogens with zero attached hydrogens (tertiary/aromatic N) is 4. The zero-order valence-corrected chi connectivity index (χ0v) is 44.1. The number of carbonyl (C=O) groups excluding carboxylic acids is 9. The van der Waals surface area contributed by atoms with Gasteiger partial charge >= 0.3 is 0 Å². The lowest BCUT2D eigenvalue weighted by Crippen LogP contribution is -2.62. The molecule has 19 N–H and O–H groups in total. The molecule has 2 aliphatic rings. The van der Waals surface area contributed by atoms with E-state index in [9.17, 15) is 48.3 Å². The van der Waals surface area contributed by atoms with Gasteiger partial charge in [-0.05, 0) is 67.9 Å². The number of amides is 9. The predicted octanol–water partition coefficient (Wildman–Crippen LogP) is -4.05. The van der Waals surface area contributed by atoms with Gasteiger partial charge in [-0.2, -0.15) is 0 Å². The Bertz CT molecular complexity index is 2410. The Labute approximate surface area is 448 Å². The third-order valence-electron chi connectivity index (χ3n) is 13.1. The first kappa shape index (κ1) is 61.7. The molecule has 2 heterocycles. The highest BCUT2D eigenvalue weighted by atomic mass is 16.3. The summed E-state index contributed by atoms with van der Waals surface area (Å²) < 4.78 is 0. The van der Waals surface area contributed by atoms with E-state index in [0.29, 0.717) is 69.2 Å². The van der Waals surface area contributed by atoms with Crippen LogP contribution in [-0.2, 0) is 56.0 Å². The summed E-state index contributed by atoms with van der Waals surface area (Å²) in [4.78, 5) is 134. The highest BCUT2D eigenvalue weighted by Crippen LogP contribution is 2.26. The number of hydrogen-bond acceptors (Lipinski definition) is 13. The van der Waals surface area contributed by atoms with Gasteiger partial charge in [0.25, 0.3) is 0 Å². The van der Waals surface area contributed by atoms with Crippen molar-refractivity contribution in [3.05, 3.63) is 71.8 Å². The molecular formula is C51H78N16O10. The number of guanidine groups is 2. The van der Waals surface area contributed by atoms with Crippen molar-refractivity contribution in [2.75, 3.05) is 39.3 Å². The first-order valence-electron chi connectivity index (χ1n) is 25.7. The van der Waals surface area contributed by atoms with Gasteiger partial charge in [-0.3, -0.25) is 53.1 Å². The van der Waals surface area contributed by atoms with Crippen molar-refractivity contribution in [3.63, 3.8) is 0 Å². The van der Waals surface area contributed by atoms with E-state index in [1.807, 2.05) is 0 Å². The van der Waals surface area contributed by atoms with Crippen LogP contribution in [0.1, 0.15) is 83.3 Å². The summed E-state index contributed by atoms with van der Waals surface area (Å²) in [5.74, 6) is -6.67. The van der Waals surface area contributed by atoms with Gasteiger partial charge in [-0.25, -0.2) is 0 Å². The van der Waals surface area contributed by atoms with E-state index in [1.54, 1.807) is 81.4 Å². The SMILES string of the molecule is CC(C)(C)C(NC(=O)[C@@H](Cc1ccccc1)NC(=O)[C@H](CO)NC(=O)[C@H](Cc1ccccc1)NC(=O)CNC(=O)[C@@H]1CCCN1C(=O)[C@@H]1CCCN1C(=O)[C@@H](N)CCCN=C(N)N)C(=O)N[C@@H](CCCN=C(N)N)C(N)=O. The van der Waals surface area contributed by atoms with Crippen molar-refractivity contribution in [2.45, 2.75) is 133 Å². The van der Waals surface area contributed by atoms with Crippen LogP contribution >= 0.6 is 0 Å². The summed E-state index contributed by atoms with van der Waals surface area (Å²) in [5, 5.41) is 26.1. The lowest BCUT2D eigenvalue weighted by molar-refractivity contribution is -0.147. The zero-order chi connectivity index (χ0) is 56.8. The molecule has 2 aromatic rings. The van der Waals surface area contributed by atoms with E-state index >= 15 is 0 Å². The third-order valence-corrected chi connectivity index (χ3v) is 13.1. The van der Waals surface area contributed by atoms with E-state index in [1.165, 1.54) is 9.80 Å². The van der Waals surface area contributed by atoms with Crippen LogP contribution in [0.5, 0.6) is 0 Å². The maximum atomic E-state index is 14.2. The average Bonchev–Trinajstić information content (AvgIpc) is 4.09. The number of hydrogen-bond donors (Lipinski definition) is 13. The number of aliphatic hydroxyl groups is 1. The van der Waals surface area contributed by atoms with Crippen LogP contribution < -0.4 is 66.3 Å². The topological polar surface area (TPSA) is 433 Å². The fourth-order valence-electron chi connectivity index (χ4n) is 8.99. The molecule has 77 heavy (non-hydrogen) atoms. The van der Waals surface area contributed by atoms with Gasteiger partial charge in [-0.15, -0.1) is 0 Å². The highest BCUT2D eigenvalue weighted by Gasteiger charge is 2.43. The standard InChI is InChI=1S/C51H78N16O10/c1-51(2,3)40(46(75)62-33(41(53)70)19-11-23-59-50(56)57)65-43(72)35(27-31-16-8-5-9-17-31)63-44(73)36(29-68)64-42(71)34(26-30-14-6-4-7-15-30)61-39(69)28-60-45(74)37-20-12-24-66(37)48(77)38-21-13-25-67(38)47(76)32(52)18-10-22-58-49(54)55/h4-9,14-17,32-38,40,68H,10-13,18-29,52H2,1-3H3,(H2,53,70)(H,60,74)(H,61,69)(H,62,75)(H,63,73)(H,64,71)(H,65,72)(H4,54,55,58)(H4,56,57,59)/t32-,33-,34-,35+,36-,37-,38-,40?/m0/s1. The Hall–Kier alpha value is -7.87. The minimum Gasteiger partial charge on any atom is -0.394 e. The van der Waals surface area contributed by atoms with Crippen LogP contribution in [0.2, 0.25) is 0 Å². The molecule has 0 saturated carbocycles. The molecule has 0 radical (unpaired) electrons. The number of carbonyl (C=O) groups is 9. The molecule has 422 valence electrons. The maximum absolute atomic E-state index is 14.2. The third kappa shape index (κ3) is 19.7. The monoisotopic (exact) mass is 1070 g/mol. The van der Waals surface area contributed by atoms with Gasteiger partial charge in [0.1, 0.15) is 42.3 Å². The number of primary amides is 1. The van der Waals surface area contributed by atoms with Gasteiger partial charge in [-0.1, -0.05) is 81.4 Å². The number of aliphatic hydroxyl groups excluding tert-OH is 1. The van der Waals surface area contributed by atoms with Crippen molar-refractivity contribution < 1.29 is 48.3 Å². The Morgan fingerprint density at radius 1 is 0.623 bits per heavy atom. The average molecular weight is 1080 g/mol. The second kappa shape index (κ2) is 30.0. The van der Waals surface area contributed by atoms with Crippen LogP contribution in [0.4, 0.5) is 0 Å². The normalized spacial score (nSPS) is 17.5. The summed E-state index contributed by atoms with van der Waals surface area (Å²) >= 11 is 0. The van der Waals surface area contributed by atoms with Crippen LogP contribution in [0.25, 0.3) is 0 Å². The quantitative estimate of drug-likeness (QED) is 0.0219. The van der Waals surface area contributed by atoms with Crippen LogP contribution in [-0.4, -0.2) is 168 Å². The summed E-state index contributed by atoms with van der Waals surface area (Å²) in [6, 6.07) is 7.76.